The van der Waals surface area contributed by atoms with Crippen molar-refractivity contribution in [3.63, 3.8) is 0 Å². The fourth-order valence-corrected chi connectivity index (χ4v) is 3.80. The van der Waals surface area contributed by atoms with Crippen LogP contribution in [0.2, 0.25) is 0 Å². The van der Waals surface area contributed by atoms with E-state index in [1.807, 2.05) is 6.92 Å². The summed E-state index contributed by atoms with van der Waals surface area (Å²) in [4.78, 5) is -0.588. The van der Waals surface area contributed by atoms with Gasteiger partial charge in [-0.25, -0.2) is 21.6 Å². The van der Waals surface area contributed by atoms with E-state index >= 15 is 0 Å². The second-order valence-corrected chi connectivity index (χ2v) is 7.24. The Bertz CT molecular complexity index is 613. The first-order chi connectivity index (χ1) is 9.19. The maximum absolute atomic E-state index is 13.2. The average molecular weight is 308 g/mol. The van der Waals surface area contributed by atoms with Gasteiger partial charge in [0.05, 0.1) is 4.90 Å². The predicted molar refractivity (Wildman–Crippen MR) is 66.9 cm³/mol. The zero-order chi connectivity index (χ0) is 15.1. The third-order valence-electron chi connectivity index (χ3n) is 3.61. The van der Waals surface area contributed by atoms with Crippen molar-refractivity contribution in [1.82, 2.24) is 4.31 Å². The molecule has 1 aromatic carbocycles. The van der Waals surface area contributed by atoms with Gasteiger partial charge in [-0.2, -0.15) is 4.31 Å². The van der Waals surface area contributed by atoms with E-state index in [2.05, 4.69) is 0 Å². The molecule has 0 saturated carbocycles. The van der Waals surface area contributed by atoms with Gasteiger partial charge in [0.15, 0.2) is 17.5 Å². The van der Waals surface area contributed by atoms with Crippen LogP contribution in [-0.2, 0) is 10.0 Å². The minimum Gasteiger partial charge on any atom is -0.330 e. The number of hydrogen-bond acceptors (Lipinski definition) is 3. The lowest BCUT2D eigenvalue weighted by atomic mass is 9.90. The maximum Gasteiger partial charge on any atom is 0.243 e. The molecule has 1 heterocycles. The minimum atomic E-state index is -4.05. The summed E-state index contributed by atoms with van der Waals surface area (Å²) in [5, 5.41) is 0. The van der Waals surface area contributed by atoms with Crippen LogP contribution in [0.3, 0.4) is 0 Å². The first-order valence-electron chi connectivity index (χ1n) is 6.04. The monoisotopic (exact) mass is 308 g/mol. The van der Waals surface area contributed by atoms with E-state index in [-0.39, 0.29) is 18.5 Å². The molecule has 0 bridgehead atoms. The second-order valence-electron chi connectivity index (χ2n) is 5.30. The van der Waals surface area contributed by atoms with Gasteiger partial charge in [0.2, 0.25) is 10.0 Å². The van der Waals surface area contributed by atoms with E-state index in [1.165, 1.54) is 0 Å². The summed E-state index contributed by atoms with van der Waals surface area (Å²) in [6.45, 7) is 2.54. The van der Waals surface area contributed by atoms with E-state index in [9.17, 15) is 21.6 Å². The van der Waals surface area contributed by atoms with Crippen molar-refractivity contribution in [2.24, 2.45) is 11.1 Å². The Balaban J connectivity index is 2.37. The Labute approximate surface area is 115 Å². The lowest BCUT2D eigenvalue weighted by Crippen LogP contribution is -2.34. The zero-order valence-corrected chi connectivity index (χ0v) is 11.7. The Kier molecular flexibility index (Phi) is 3.83. The molecule has 1 unspecified atom stereocenters. The lowest BCUT2D eigenvalue weighted by molar-refractivity contribution is 0.349. The number of benzene rings is 1. The van der Waals surface area contributed by atoms with Gasteiger partial charge in [0.1, 0.15) is 0 Å². The molecule has 2 rings (SSSR count). The summed E-state index contributed by atoms with van der Waals surface area (Å²) in [6, 6.07) is 0.984. The van der Waals surface area contributed by atoms with Crippen LogP contribution >= 0.6 is 0 Å². The smallest absolute Gasteiger partial charge is 0.243 e. The highest BCUT2D eigenvalue weighted by Crippen LogP contribution is 2.33. The molecule has 0 aromatic heterocycles. The van der Waals surface area contributed by atoms with Gasteiger partial charge in [-0.05, 0) is 30.5 Å². The molecule has 0 spiro atoms. The second kappa shape index (κ2) is 5.01. The van der Waals surface area contributed by atoms with Gasteiger partial charge in [0.25, 0.3) is 0 Å². The largest absolute Gasteiger partial charge is 0.330 e. The molecule has 0 aliphatic carbocycles. The van der Waals surface area contributed by atoms with Gasteiger partial charge in [-0.1, -0.05) is 6.92 Å². The molecule has 20 heavy (non-hydrogen) atoms. The van der Waals surface area contributed by atoms with Gasteiger partial charge < -0.3 is 5.73 Å². The number of nitrogens with zero attached hydrogens (tertiary/aromatic N) is 1. The third kappa shape index (κ3) is 2.55. The topological polar surface area (TPSA) is 63.4 Å². The minimum absolute atomic E-state index is 0.173. The molecule has 112 valence electrons. The van der Waals surface area contributed by atoms with E-state index in [4.69, 9.17) is 5.73 Å². The van der Waals surface area contributed by atoms with Crippen LogP contribution in [0, 0.1) is 22.9 Å². The molecule has 0 amide bonds. The molecular formula is C12H15F3N2O2S. The van der Waals surface area contributed by atoms with E-state index in [1.54, 1.807) is 0 Å². The maximum atomic E-state index is 13.2. The van der Waals surface area contributed by atoms with Crippen molar-refractivity contribution in [3.8, 4) is 0 Å². The van der Waals surface area contributed by atoms with Crippen LogP contribution in [0.4, 0.5) is 13.2 Å². The highest BCUT2D eigenvalue weighted by Gasteiger charge is 2.39. The van der Waals surface area contributed by atoms with Gasteiger partial charge in [-0.3, -0.25) is 0 Å². The highest BCUT2D eigenvalue weighted by atomic mass is 32.2. The predicted octanol–water partition coefficient (Wildman–Crippen LogP) is 1.46. The van der Waals surface area contributed by atoms with Crippen LogP contribution in [-0.4, -0.2) is 32.4 Å². The number of halogens is 3. The Morgan fingerprint density at radius 2 is 1.85 bits per heavy atom. The first-order valence-corrected chi connectivity index (χ1v) is 7.48. The zero-order valence-electron chi connectivity index (χ0n) is 10.9. The fraction of sp³-hybridized carbons (Fsp3) is 0.500. The fourth-order valence-electron chi connectivity index (χ4n) is 2.18. The van der Waals surface area contributed by atoms with Crippen molar-refractivity contribution in [3.05, 3.63) is 29.6 Å². The molecule has 1 atom stereocenters. The Hall–Kier alpha value is -1.12. The van der Waals surface area contributed by atoms with E-state index in [0.717, 1.165) is 4.31 Å². The van der Waals surface area contributed by atoms with E-state index < -0.39 is 32.4 Å². The summed E-state index contributed by atoms with van der Waals surface area (Å²) < 4.78 is 64.9. The molecule has 0 radical (unpaired) electrons. The third-order valence-corrected chi connectivity index (χ3v) is 5.43. The molecule has 4 nitrogen and oxygen atoms in total. The van der Waals surface area contributed by atoms with Crippen molar-refractivity contribution in [1.29, 1.82) is 0 Å². The van der Waals surface area contributed by atoms with Crippen molar-refractivity contribution < 1.29 is 21.6 Å². The Morgan fingerprint density at radius 1 is 1.30 bits per heavy atom. The number of nitrogens with two attached hydrogens (primary N) is 1. The molecule has 8 heteroatoms. The molecule has 1 fully saturated rings. The van der Waals surface area contributed by atoms with Crippen LogP contribution in [0.25, 0.3) is 0 Å². The van der Waals surface area contributed by atoms with Crippen LogP contribution in [0.15, 0.2) is 17.0 Å². The quantitative estimate of drug-likeness (QED) is 0.860. The number of hydrogen-bond donors (Lipinski definition) is 1. The average Bonchev–Trinajstić information content (AvgIpc) is 2.79. The molecule has 1 saturated heterocycles. The van der Waals surface area contributed by atoms with Crippen LogP contribution in [0.5, 0.6) is 0 Å². The van der Waals surface area contributed by atoms with E-state index in [0.29, 0.717) is 25.1 Å². The van der Waals surface area contributed by atoms with Gasteiger partial charge in [-0.15, -0.1) is 0 Å². The van der Waals surface area contributed by atoms with Crippen LogP contribution < -0.4 is 5.73 Å². The van der Waals surface area contributed by atoms with Crippen LogP contribution in [0.1, 0.15) is 13.3 Å². The number of sulfonamides is 1. The molecule has 2 N–H and O–H groups in total. The summed E-state index contributed by atoms with van der Waals surface area (Å²) >= 11 is 0. The lowest BCUT2D eigenvalue weighted by Gasteiger charge is -2.22. The summed E-state index contributed by atoms with van der Waals surface area (Å²) in [5.41, 5.74) is 5.23. The van der Waals surface area contributed by atoms with Gasteiger partial charge in [0, 0.05) is 13.1 Å². The van der Waals surface area contributed by atoms with Gasteiger partial charge >= 0.3 is 0 Å². The first kappa shape index (κ1) is 15.3. The van der Waals surface area contributed by atoms with Crippen molar-refractivity contribution in [2.75, 3.05) is 19.6 Å². The summed E-state index contributed by atoms with van der Waals surface area (Å²) in [6.07, 6.45) is 0.564. The molecule has 1 aliphatic heterocycles. The SMILES string of the molecule is CC1(CN)CCN(S(=O)(=O)c2cc(F)c(F)c(F)c2)C1. The normalized spacial score (nSPS) is 24.2. The van der Waals surface area contributed by atoms with Crippen molar-refractivity contribution in [2.45, 2.75) is 18.2 Å². The molecular weight excluding hydrogens is 293 g/mol. The Morgan fingerprint density at radius 3 is 2.30 bits per heavy atom. The highest BCUT2D eigenvalue weighted by molar-refractivity contribution is 7.89. The standard InChI is InChI=1S/C12H15F3N2O2S/c1-12(6-16)2-3-17(7-12)20(18,19)8-4-9(13)11(15)10(14)5-8/h4-5H,2-3,6-7,16H2,1H3. The summed E-state index contributed by atoms with van der Waals surface area (Å²) in [7, 11) is -4.05. The number of rotatable bonds is 3. The molecule has 1 aliphatic rings. The van der Waals surface area contributed by atoms with Crippen molar-refractivity contribution >= 4 is 10.0 Å². The molecule has 1 aromatic rings. The summed E-state index contributed by atoms with van der Waals surface area (Å²) in [5.74, 6) is -4.73.